The molecule has 0 aliphatic heterocycles. The molecule has 1 aromatic rings. The number of amides is 1. The lowest BCUT2D eigenvalue weighted by molar-refractivity contribution is -0.385. The largest absolute Gasteiger partial charge is 0.490 e. The maximum Gasteiger partial charge on any atom is 0.311 e. The third-order valence-corrected chi connectivity index (χ3v) is 3.41. The van der Waals surface area contributed by atoms with E-state index in [1.165, 1.54) is 13.2 Å². The van der Waals surface area contributed by atoms with Crippen molar-refractivity contribution >= 4 is 11.6 Å². The number of nitrogens with zero attached hydrogens (tertiary/aromatic N) is 2. The van der Waals surface area contributed by atoms with Crippen molar-refractivity contribution in [1.29, 1.82) is 0 Å². The molecule has 0 bridgehead atoms. The minimum Gasteiger partial charge on any atom is -0.490 e. The SMILES string of the molecule is COc1ccc(CN(C)[C@H](C)C(=O)NC(C)(C)C)cc1[N+](=O)[O-]. The summed E-state index contributed by atoms with van der Waals surface area (Å²) in [6.45, 7) is 7.99. The standard InChI is InChI=1S/C16H25N3O4/c1-11(15(20)17-16(2,3)4)18(5)10-12-7-8-14(23-6)13(9-12)19(21)22/h7-9,11H,10H2,1-6H3,(H,17,20)/t11-/m1/s1. The Labute approximate surface area is 136 Å². The molecule has 0 spiro atoms. The monoisotopic (exact) mass is 323 g/mol. The zero-order valence-electron chi connectivity index (χ0n) is 14.5. The second-order valence-corrected chi connectivity index (χ2v) is 6.59. The Morgan fingerprint density at radius 1 is 1.43 bits per heavy atom. The number of rotatable bonds is 6. The lowest BCUT2D eigenvalue weighted by Crippen LogP contribution is -2.49. The molecular weight excluding hydrogens is 298 g/mol. The first kappa shape index (κ1) is 18.9. The van der Waals surface area contributed by atoms with Crippen LogP contribution in [0.15, 0.2) is 18.2 Å². The predicted octanol–water partition coefficient (Wildman–Crippen LogP) is 2.34. The molecular formula is C16H25N3O4. The molecule has 0 radical (unpaired) electrons. The highest BCUT2D eigenvalue weighted by molar-refractivity contribution is 5.81. The van der Waals surface area contributed by atoms with E-state index in [0.29, 0.717) is 6.54 Å². The minimum absolute atomic E-state index is 0.0785. The fourth-order valence-electron chi connectivity index (χ4n) is 2.08. The maximum atomic E-state index is 12.2. The third kappa shape index (κ3) is 5.52. The van der Waals surface area contributed by atoms with Gasteiger partial charge in [0.2, 0.25) is 5.91 Å². The van der Waals surface area contributed by atoms with E-state index in [2.05, 4.69) is 5.32 Å². The Balaban J connectivity index is 2.84. The second-order valence-electron chi connectivity index (χ2n) is 6.59. The summed E-state index contributed by atoms with van der Waals surface area (Å²) in [7, 11) is 3.20. The van der Waals surface area contributed by atoms with E-state index in [1.807, 2.05) is 32.7 Å². The topological polar surface area (TPSA) is 84.7 Å². The number of methoxy groups -OCH3 is 1. The number of nitrogens with one attached hydrogen (secondary N) is 1. The molecule has 1 N–H and O–H groups in total. The van der Waals surface area contributed by atoms with Crippen LogP contribution in [0.2, 0.25) is 0 Å². The summed E-state index contributed by atoms with van der Waals surface area (Å²) in [4.78, 5) is 24.6. The van der Waals surface area contributed by atoms with Gasteiger partial charge >= 0.3 is 5.69 Å². The van der Waals surface area contributed by atoms with Gasteiger partial charge in [0, 0.05) is 18.2 Å². The quantitative estimate of drug-likeness (QED) is 0.641. The number of carbonyl (C=O) groups excluding carboxylic acids is 1. The summed E-state index contributed by atoms with van der Waals surface area (Å²) in [6.07, 6.45) is 0. The molecule has 0 unspecified atom stereocenters. The van der Waals surface area contributed by atoms with Crippen LogP contribution in [0.4, 0.5) is 5.69 Å². The molecule has 1 atom stereocenters. The van der Waals surface area contributed by atoms with E-state index in [4.69, 9.17) is 4.74 Å². The van der Waals surface area contributed by atoms with E-state index in [0.717, 1.165) is 5.56 Å². The van der Waals surface area contributed by atoms with Gasteiger partial charge in [-0.25, -0.2) is 0 Å². The van der Waals surface area contributed by atoms with Gasteiger partial charge in [0.15, 0.2) is 5.75 Å². The number of nitro benzene ring substituents is 1. The average molecular weight is 323 g/mol. The molecule has 1 amide bonds. The maximum absolute atomic E-state index is 12.2. The summed E-state index contributed by atoms with van der Waals surface area (Å²) in [5, 5.41) is 14.0. The summed E-state index contributed by atoms with van der Waals surface area (Å²) in [5.41, 5.74) is 0.367. The molecule has 128 valence electrons. The van der Waals surface area contributed by atoms with Crippen molar-refractivity contribution in [2.45, 2.75) is 45.8 Å². The van der Waals surface area contributed by atoms with Gasteiger partial charge in [-0.2, -0.15) is 0 Å². The van der Waals surface area contributed by atoms with Gasteiger partial charge in [-0.15, -0.1) is 0 Å². The van der Waals surface area contributed by atoms with Crippen molar-refractivity contribution in [3.63, 3.8) is 0 Å². The third-order valence-electron chi connectivity index (χ3n) is 3.41. The molecule has 7 nitrogen and oxygen atoms in total. The van der Waals surface area contributed by atoms with E-state index in [1.54, 1.807) is 19.1 Å². The molecule has 0 aliphatic rings. The Morgan fingerprint density at radius 2 is 2.04 bits per heavy atom. The number of carbonyl (C=O) groups is 1. The van der Waals surface area contributed by atoms with Crippen molar-refractivity contribution < 1.29 is 14.5 Å². The van der Waals surface area contributed by atoms with Gasteiger partial charge < -0.3 is 10.1 Å². The van der Waals surface area contributed by atoms with Crippen molar-refractivity contribution in [1.82, 2.24) is 10.2 Å². The molecule has 0 fully saturated rings. The fraction of sp³-hybridized carbons (Fsp3) is 0.562. The van der Waals surface area contributed by atoms with Gasteiger partial charge in [-0.05, 0) is 46.4 Å². The summed E-state index contributed by atoms with van der Waals surface area (Å²) in [6, 6.07) is 4.46. The fourth-order valence-corrected chi connectivity index (χ4v) is 2.08. The van der Waals surface area contributed by atoms with Gasteiger partial charge in [0.05, 0.1) is 18.1 Å². The Bertz CT molecular complexity index is 581. The van der Waals surface area contributed by atoms with Gasteiger partial charge in [-0.3, -0.25) is 19.8 Å². The van der Waals surface area contributed by atoms with E-state index in [-0.39, 0.29) is 28.9 Å². The first-order valence-electron chi connectivity index (χ1n) is 7.38. The zero-order valence-corrected chi connectivity index (χ0v) is 14.5. The summed E-state index contributed by atoms with van der Waals surface area (Å²) in [5.74, 6) is 0.142. The van der Waals surface area contributed by atoms with Crippen LogP contribution in [-0.2, 0) is 11.3 Å². The van der Waals surface area contributed by atoms with Crippen LogP contribution < -0.4 is 10.1 Å². The van der Waals surface area contributed by atoms with E-state index >= 15 is 0 Å². The van der Waals surface area contributed by atoms with Crippen LogP contribution >= 0.6 is 0 Å². The molecule has 0 saturated carbocycles. The number of nitro groups is 1. The normalized spacial score (nSPS) is 12.8. The van der Waals surface area contributed by atoms with Crippen LogP contribution in [0, 0.1) is 10.1 Å². The lowest BCUT2D eigenvalue weighted by atomic mass is 10.1. The lowest BCUT2D eigenvalue weighted by Gasteiger charge is -2.28. The van der Waals surface area contributed by atoms with Gasteiger partial charge in [-0.1, -0.05) is 6.07 Å². The van der Waals surface area contributed by atoms with Gasteiger partial charge in [0.25, 0.3) is 0 Å². The number of hydrogen-bond acceptors (Lipinski definition) is 5. The molecule has 0 aliphatic carbocycles. The number of benzene rings is 1. The number of ether oxygens (including phenoxy) is 1. The molecule has 0 saturated heterocycles. The Hall–Kier alpha value is -2.15. The van der Waals surface area contributed by atoms with Crippen LogP contribution in [0.1, 0.15) is 33.3 Å². The number of likely N-dealkylation sites (N-methyl/N-ethyl adjacent to an activating group) is 1. The minimum atomic E-state index is -0.474. The number of hydrogen-bond donors (Lipinski definition) is 1. The molecule has 7 heteroatoms. The van der Waals surface area contributed by atoms with Crippen molar-refractivity contribution in [2.24, 2.45) is 0 Å². The van der Waals surface area contributed by atoms with Crippen LogP contribution in [0.25, 0.3) is 0 Å². The highest BCUT2D eigenvalue weighted by Gasteiger charge is 2.23. The van der Waals surface area contributed by atoms with Gasteiger partial charge in [0.1, 0.15) is 0 Å². The van der Waals surface area contributed by atoms with E-state index in [9.17, 15) is 14.9 Å². The first-order chi connectivity index (χ1) is 10.5. The molecule has 1 aromatic carbocycles. The van der Waals surface area contributed by atoms with Crippen LogP contribution in [0.3, 0.4) is 0 Å². The zero-order chi connectivity index (χ0) is 17.8. The molecule has 0 heterocycles. The molecule has 23 heavy (non-hydrogen) atoms. The first-order valence-corrected chi connectivity index (χ1v) is 7.38. The highest BCUT2D eigenvalue weighted by Crippen LogP contribution is 2.28. The van der Waals surface area contributed by atoms with Crippen molar-refractivity contribution in [2.75, 3.05) is 14.2 Å². The summed E-state index contributed by atoms with van der Waals surface area (Å²) < 4.78 is 4.99. The smallest absolute Gasteiger partial charge is 0.311 e. The Morgan fingerprint density at radius 3 is 2.52 bits per heavy atom. The Kier molecular flexibility index (Phi) is 6.09. The molecule has 0 aromatic heterocycles. The molecule has 1 rings (SSSR count). The average Bonchev–Trinajstić information content (AvgIpc) is 2.44. The highest BCUT2D eigenvalue weighted by atomic mass is 16.6. The van der Waals surface area contributed by atoms with Crippen molar-refractivity contribution in [3.8, 4) is 5.75 Å². The van der Waals surface area contributed by atoms with E-state index < -0.39 is 4.92 Å². The van der Waals surface area contributed by atoms with Crippen LogP contribution in [-0.4, -0.2) is 41.5 Å². The predicted molar refractivity (Wildman–Crippen MR) is 88.5 cm³/mol. The summed E-state index contributed by atoms with van der Waals surface area (Å²) >= 11 is 0. The second kappa shape index (κ2) is 7.41. The van der Waals surface area contributed by atoms with Crippen LogP contribution in [0.5, 0.6) is 5.75 Å². The van der Waals surface area contributed by atoms with Crippen molar-refractivity contribution in [3.05, 3.63) is 33.9 Å².